The molecule has 0 bridgehead atoms. The Bertz CT molecular complexity index is 267. The van der Waals surface area contributed by atoms with E-state index in [1.54, 1.807) is 6.20 Å². The molecule has 0 radical (unpaired) electrons. The molecular formula is C13H22N2. The lowest BCUT2D eigenvalue weighted by molar-refractivity contribution is 0.444. The topological polar surface area (TPSA) is 25.8 Å². The standard InChI is InChI=1S/C13H22N2/c1-4-5-6-7-9-13(2,3)12-8-10-14-15-11-12/h8,10-11H,4-7,9H2,1-3H3. The van der Waals surface area contributed by atoms with Crippen LogP contribution in [-0.4, -0.2) is 10.2 Å². The molecule has 0 aliphatic heterocycles. The van der Waals surface area contributed by atoms with E-state index in [-0.39, 0.29) is 5.41 Å². The summed E-state index contributed by atoms with van der Waals surface area (Å²) in [7, 11) is 0. The molecule has 2 nitrogen and oxygen atoms in total. The van der Waals surface area contributed by atoms with Gasteiger partial charge in [-0.1, -0.05) is 46.5 Å². The molecule has 84 valence electrons. The lowest BCUT2D eigenvalue weighted by Crippen LogP contribution is -2.17. The minimum absolute atomic E-state index is 0.240. The Morgan fingerprint density at radius 2 is 1.93 bits per heavy atom. The maximum absolute atomic E-state index is 3.95. The Labute approximate surface area is 93.1 Å². The monoisotopic (exact) mass is 206 g/mol. The number of unbranched alkanes of at least 4 members (excludes halogenated alkanes) is 3. The summed E-state index contributed by atoms with van der Waals surface area (Å²) >= 11 is 0. The molecule has 0 fully saturated rings. The highest BCUT2D eigenvalue weighted by Gasteiger charge is 2.19. The van der Waals surface area contributed by atoms with Gasteiger partial charge in [0.25, 0.3) is 0 Å². The molecule has 1 heterocycles. The van der Waals surface area contributed by atoms with Crippen molar-refractivity contribution >= 4 is 0 Å². The first kappa shape index (κ1) is 12.2. The van der Waals surface area contributed by atoms with E-state index in [0.29, 0.717) is 0 Å². The Kier molecular flexibility index (Phi) is 4.73. The van der Waals surface area contributed by atoms with E-state index < -0.39 is 0 Å². The van der Waals surface area contributed by atoms with Crippen molar-refractivity contribution in [3.05, 3.63) is 24.0 Å². The first-order chi connectivity index (χ1) is 7.17. The summed E-state index contributed by atoms with van der Waals surface area (Å²) in [5, 5.41) is 7.76. The Hall–Kier alpha value is -0.920. The second-order valence-electron chi connectivity index (χ2n) is 4.83. The predicted octanol–water partition coefficient (Wildman–Crippen LogP) is 3.72. The van der Waals surface area contributed by atoms with Gasteiger partial charge in [0.05, 0.1) is 6.20 Å². The first-order valence-corrected chi connectivity index (χ1v) is 5.94. The van der Waals surface area contributed by atoms with Crippen LogP contribution < -0.4 is 0 Å². The van der Waals surface area contributed by atoms with E-state index in [1.165, 1.54) is 37.7 Å². The largest absolute Gasteiger partial charge is 0.159 e. The van der Waals surface area contributed by atoms with E-state index in [4.69, 9.17) is 0 Å². The Morgan fingerprint density at radius 3 is 2.53 bits per heavy atom. The molecule has 0 saturated carbocycles. The molecule has 15 heavy (non-hydrogen) atoms. The lowest BCUT2D eigenvalue weighted by Gasteiger charge is -2.24. The Morgan fingerprint density at radius 1 is 1.13 bits per heavy atom. The van der Waals surface area contributed by atoms with Crippen LogP contribution in [0.15, 0.2) is 18.5 Å². The number of nitrogens with zero attached hydrogens (tertiary/aromatic N) is 2. The van der Waals surface area contributed by atoms with Gasteiger partial charge in [-0.3, -0.25) is 0 Å². The number of aromatic nitrogens is 2. The first-order valence-electron chi connectivity index (χ1n) is 5.94. The molecule has 1 aromatic heterocycles. The van der Waals surface area contributed by atoms with Crippen LogP contribution >= 0.6 is 0 Å². The molecule has 0 amide bonds. The second-order valence-corrected chi connectivity index (χ2v) is 4.83. The SMILES string of the molecule is CCCCCCC(C)(C)c1ccnnc1. The van der Waals surface area contributed by atoms with Gasteiger partial charge in [0.1, 0.15) is 0 Å². The van der Waals surface area contributed by atoms with Crippen molar-refractivity contribution in [1.82, 2.24) is 10.2 Å². The quantitative estimate of drug-likeness (QED) is 0.663. The van der Waals surface area contributed by atoms with Gasteiger partial charge in [0.2, 0.25) is 0 Å². The summed E-state index contributed by atoms with van der Waals surface area (Å²) in [5.41, 5.74) is 1.54. The van der Waals surface area contributed by atoms with Gasteiger partial charge in [0, 0.05) is 6.20 Å². The van der Waals surface area contributed by atoms with Gasteiger partial charge in [-0.25, -0.2) is 0 Å². The second kappa shape index (κ2) is 5.84. The molecule has 0 aliphatic rings. The molecule has 0 N–H and O–H groups in total. The van der Waals surface area contributed by atoms with Crippen LogP contribution in [0.4, 0.5) is 0 Å². The van der Waals surface area contributed by atoms with Crippen LogP contribution in [0.2, 0.25) is 0 Å². The third kappa shape index (κ3) is 3.98. The lowest BCUT2D eigenvalue weighted by atomic mass is 9.81. The van der Waals surface area contributed by atoms with E-state index in [9.17, 15) is 0 Å². The zero-order valence-electron chi connectivity index (χ0n) is 10.2. The maximum Gasteiger partial charge on any atom is 0.0533 e. The van der Waals surface area contributed by atoms with Gasteiger partial charge in [-0.15, -0.1) is 0 Å². The average Bonchev–Trinajstić information content (AvgIpc) is 2.26. The highest BCUT2D eigenvalue weighted by molar-refractivity contribution is 5.17. The van der Waals surface area contributed by atoms with Crippen molar-refractivity contribution in [2.75, 3.05) is 0 Å². The summed E-state index contributed by atoms with van der Waals surface area (Å²) in [6, 6.07) is 2.08. The van der Waals surface area contributed by atoms with Gasteiger partial charge in [-0.05, 0) is 23.5 Å². The fourth-order valence-corrected chi connectivity index (χ4v) is 1.83. The Balaban J connectivity index is 2.45. The van der Waals surface area contributed by atoms with E-state index in [1.807, 2.05) is 6.20 Å². The van der Waals surface area contributed by atoms with E-state index in [0.717, 1.165) is 0 Å². The van der Waals surface area contributed by atoms with Crippen LogP contribution in [0.3, 0.4) is 0 Å². The molecule has 1 aromatic rings. The fourth-order valence-electron chi connectivity index (χ4n) is 1.83. The number of hydrogen-bond acceptors (Lipinski definition) is 2. The minimum Gasteiger partial charge on any atom is -0.159 e. The molecule has 2 heteroatoms. The third-order valence-corrected chi connectivity index (χ3v) is 3.02. The summed E-state index contributed by atoms with van der Waals surface area (Å²) in [4.78, 5) is 0. The average molecular weight is 206 g/mol. The highest BCUT2D eigenvalue weighted by Crippen LogP contribution is 2.28. The zero-order chi connectivity index (χ0) is 11.1. The molecule has 0 atom stereocenters. The van der Waals surface area contributed by atoms with Crippen molar-refractivity contribution in [3.63, 3.8) is 0 Å². The van der Waals surface area contributed by atoms with Crippen LogP contribution in [0.5, 0.6) is 0 Å². The fraction of sp³-hybridized carbons (Fsp3) is 0.692. The summed E-state index contributed by atoms with van der Waals surface area (Å²) in [5.74, 6) is 0. The number of hydrogen-bond donors (Lipinski definition) is 0. The molecule has 0 saturated heterocycles. The third-order valence-electron chi connectivity index (χ3n) is 3.02. The van der Waals surface area contributed by atoms with Crippen molar-refractivity contribution in [2.45, 2.75) is 58.3 Å². The molecular weight excluding hydrogens is 184 g/mol. The van der Waals surface area contributed by atoms with Crippen molar-refractivity contribution in [2.24, 2.45) is 0 Å². The van der Waals surface area contributed by atoms with Crippen molar-refractivity contribution in [3.8, 4) is 0 Å². The van der Waals surface area contributed by atoms with Gasteiger partial charge >= 0.3 is 0 Å². The summed E-state index contributed by atoms with van der Waals surface area (Å²) in [6.07, 6.45) is 10.2. The molecule has 0 spiro atoms. The zero-order valence-corrected chi connectivity index (χ0v) is 10.2. The number of rotatable bonds is 6. The van der Waals surface area contributed by atoms with E-state index >= 15 is 0 Å². The molecule has 0 aromatic carbocycles. The van der Waals surface area contributed by atoms with Crippen molar-refractivity contribution in [1.29, 1.82) is 0 Å². The van der Waals surface area contributed by atoms with Crippen molar-refractivity contribution < 1.29 is 0 Å². The minimum atomic E-state index is 0.240. The predicted molar refractivity (Wildman–Crippen MR) is 63.8 cm³/mol. The summed E-state index contributed by atoms with van der Waals surface area (Å²) in [6.45, 7) is 6.82. The normalized spacial score (nSPS) is 11.7. The van der Waals surface area contributed by atoms with Crippen LogP contribution in [0.1, 0.15) is 58.4 Å². The summed E-state index contributed by atoms with van der Waals surface area (Å²) < 4.78 is 0. The maximum atomic E-state index is 3.95. The van der Waals surface area contributed by atoms with Crippen LogP contribution in [-0.2, 0) is 5.41 Å². The van der Waals surface area contributed by atoms with Gasteiger partial charge in [0.15, 0.2) is 0 Å². The van der Waals surface area contributed by atoms with Crippen LogP contribution in [0, 0.1) is 0 Å². The molecule has 0 aliphatic carbocycles. The van der Waals surface area contributed by atoms with Crippen LogP contribution in [0.25, 0.3) is 0 Å². The smallest absolute Gasteiger partial charge is 0.0533 e. The highest BCUT2D eigenvalue weighted by atomic mass is 15.1. The van der Waals surface area contributed by atoms with E-state index in [2.05, 4.69) is 37.0 Å². The van der Waals surface area contributed by atoms with Gasteiger partial charge < -0.3 is 0 Å². The molecule has 1 rings (SSSR count). The molecule has 0 unspecified atom stereocenters. The van der Waals surface area contributed by atoms with Gasteiger partial charge in [-0.2, -0.15) is 10.2 Å².